The maximum absolute atomic E-state index is 13.2. The summed E-state index contributed by atoms with van der Waals surface area (Å²) in [6.07, 6.45) is 0. The highest BCUT2D eigenvalue weighted by atomic mass is 127. The fraction of sp³-hybridized carbons (Fsp3) is 0.154. The molecule has 0 bridgehead atoms. The van der Waals surface area contributed by atoms with Gasteiger partial charge in [0.2, 0.25) is 5.88 Å². The molecule has 2 N–H and O–H groups in total. The number of aromatic nitrogens is 1. The minimum atomic E-state index is -0.743. The van der Waals surface area contributed by atoms with Crippen LogP contribution in [0.5, 0.6) is 0 Å². The van der Waals surface area contributed by atoms with Crippen molar-refractivity contribution >= 4 is 51.7 Å². The Hall–Kier alpha value is -3.32. The summed E-state index contributed by atoms with van der Waals surface area (Å²) in [4.78, 5) is 18.9. The van der Waals surface area contributed by atoms with Gasteiger partial charge in [-0.3, -0.25) is 0 Å². The third kappa shape index (κ3) is 5.26. The number of benzene rings is 1. The van der Waals surface area contributed by atoms with E-state index in [-0.39, 0.29) is 35.1 Å². The van der Waals surface area contributed by atoms with Gasteiger partial charge in [-0.05, 0) is 64.7 Å². The highest BCUT2D eigenvalue weighted by Gasteiger charge is 2.38. The number of allylic oxidation sites excluding steroid dienone is 1. The summed E-state index contributed by atoms with van der Waals surface area (Å²) in [7, 11) is 0. The monoisotopic (exact) mass is 626 g/mol. The van der Waals surface area contributed by atoms with E-state index < -0.39 is 11.9 Å². The average molecular weight is 627 g/mol. The van der Waals surface area contributed by atoms with Crippen molar-refractivity contribution in [2.75, 3.05) is 12.4 Å². The maximum atomic E-state index is 13.2. The van der Waals surface area contributed by atoms with Crippen molar-refractivity contribution < 1.29 is 14.3 Å². The number of ether oxygens (including phenoxy) is 2. The molecule has 0 saturated heterocycles. The van der Waals surface area contributed by atoms with E-state index >= 15 is 0 Å². The van der Waals surface area contributed by atoms with Crippen LogP contribution in [-0.2, 0) is 14.3 Å². The Kier molecular flexibility index (Phi) is 8.31. The van der Waals surface area contributed by atoms with Crippen LogP contribution in [0.3, 0.4) is 0 Å². The summed E-state index contributed by atoms with van der Waals surface area (Å²) in [6, 6.07) is 19.2. The fourth-order valence-electron chi connectivity index (χ4n) is 3.71. The molecule has 180 valence electrons. The lowest BCUT2D eigenvalue weighted by Gasteiger charge is -2.28. The molecule has 1 aromatic carbocycles. The second kappa shape index (κ2) is 11.6. The summed E-state index contributed by atoms with van der Waals surface area (Å²) in [5.74, 6) is -0.965. The van der Waals surface area contributed by atoms with E-state index in [1.165, 1.54) is 11.8 Å². The van der Waals surface area contributed by atoms with Crippen LogP contribution < -0.4 is 5.73 Å². The minimum Gasteiger partial charge on any atom is -0.463 e. The van der Waals surface area contributed by atoms with Crippen LogP contribution in [0.2, 0.25) is 0 Å². The van der Waals surface area contributed by atoms with Crippen LogP contribution in [0.25, 0.3) is 10.6 Å². The third-order valence-electron chi connectivity index (χ3n) is 5.30. The first kappa shape index (κ1) is 25.8. The number of nitrogens with two attached hydrogens (primary N) is 1. The molecule has 10 heteroatoms. The third-order valence-corrected chi connectivity index (χ3v) is 8.17. The van der Waals surface area contributed by atoms with Crippen LogP contribution in [0.4, 0.5) is 0 Å². The first-order chi connectivity index (χ1) is 17.5. The number of thioether (sulfide) groups is 1. The smallest absolute Gasteiger partial charge is 0.338 e. The van der Waals surface area contributed by atoms with Gasteiger partial charge in [-0.1, -0.05) is 36.0 Å². The Morgan fingerprint density at radius 1 is 1.22 bits per heavy atom. The molecule has 3 heterocycles. The summed E-state index contributed by atoms with van der Waals surface area (Å²) in [5, 5.41) is 22.0. The molecular weight excluding hydrogens is 607 g/mol. The molecule has 0 unspecified atom stereocenters. The number of hydrogen-bond acceptors (Lipinski definition) is 9. The van der Waals surface area contributed by atoms with Crippen molar-refractivity contribution in [3.8, 4) is 22.7 Å². The van der Waals surface area contributed by atoms with Crippen LogP contribution >= 0.6 is 45.7 Å². The number of rotatable bonds is 7. The largest absolute Gasteiger partial charge is 0.463 e. The van der Waals surface area contributed by atoms with Crippen molar-refractivity contribution in [1.29, 1.82) is 10.5 Å². The molecule has 0 radical (unpaired) electrons. The second-order valence-electron chi connectivity index (χ2n) is 7.43. The van der Waals surface area contributed by atoms with Gasteiger partial charge in [0.25, 0.3) is 0 Å². The van der Waals surface area contributed by atoms with Gasteiger partial charge in [-0.2, -0.15) is 10.5 Å². The lowest BCUT2D eigenvalue weighted by Crippen LogP contribution is -2.27. The van der Waals surface area contributed by atoms with Gasteiger partial charge in [0, 0.05) is 3.57 Å². The molecule has 4 rings (SSSR count). The zero-order valence-electron chi connectivity index (χ0n) is 19.0. The topological polar surface area (TPSA) is 122 Å². The summed E-state index contributed by atoms with van der Waals surface area (Å²) in [6.45, 7) is 1.87. The minimum absolute atomic E-state index is 0.0633. The fourth-order valence-corrected chi connectivity index (χ4v) is 6.02. The van der Waals surface area contributed by atoms with Gasteiger partial charge in [0.15, 0.2) is 0 Å². The Morgan fingerprint density at radius 3 is 2.69 bits per heavy atom. The highest BCUT2D eigenvalue weighted by molar-refractivity contribution is 14.1. The van der Waals surface area contributed by atoms with E-state index in [9.17, 15) is 15.3 Å². The summed E-state index contributed by atoms with van der Waals surface area (Å²) in [5.41, 5.74) is 8.45. The van der Waals surface area contributed by atoms with Gasteiger partial charge in [0.1, 0.15) is 28.5 Å². The van der Waals surface area contributed by atoms with E-state index in [0.29, 0.717) is 10.6 Å². The van der Waals surface area contributed by atoms with Gasteiger partial charge in [0.05, 0.1) is 40.0 Å². The standard InChI is InChI=1S/C26H19IN4O3S2/c1-2-33-26(32)23-20(34-24(30)17(13-29)22(23)16-6-3-4-7-18(16)27)14-36-25-15(12-28)9-10-19(31-25)21-8-5-11-35-21/h3-11,22H,2,14,30H2,1H3/t22-/m0/s1. The van der Waals surface area contributed by atoms with Crippen LogP contribution in [0, 0.1) is 26.2 Å². The first-order valence-electron chi connectivity index (χ1n) is 10.8. The Morgan fingerprint density at radius 2 is 2.03 bits per heavy atom. The predicted molar refractivity (Wildman–Crippen MR) is 146 cm³/mol. The number of nitriles is 2. The Labute approximate surface area is 230 Å². The number of carbonyl (C=O) groups excluding carboxylic acids is 1. The van der Waals surface area contributed by atoms with Crippen molar-refractivity contribution in [2.24, 2.45) is 5.73 Å². The quantitative estimate of drug-likeness (QED) is 0.201. The number of carbonyl (C=O) groups is 1. The van der Waals surface area contributed by atoms with E-state index in [1.54, 1.807) is 24.3 Å². The average Bonchev–Trinajstić information content (AvgIpc) is 3.42. The van der Waals surface area contributed by atoms with Crippen LogP contribution in [-0.4, -0.2) is 23.3 Å². The molecule has 1 atom stereocenters. The molecule has 1 aliphatic rings. The molecule has 7 nitrogen and oxygen atoms in total. The normalized spacial score (nSPS) is 15.2. The Bertz CT molecular complexity index is 1450. The lowest BCUT2D eigenvalue weighted by molar-refractivity contribution is -0.139. The number of nitrogens with zero attached hydrogens (tertiary/aromatic N) is 3. The molecular formula is C26H19IN4O3S2. The molecule has 1 aliphatic heterocycles. The number of pyridine rings is 1. The van der Waals surface area contributed by atoms with Crippen molar-refractivity contribution in [3.63, 3.8) is 0 Å². The zero-order chi connectivity index (χ0) is 25.7. The summed E-state index contributed by atoms with van der Waals surface area (Å²) >= 11 is 4.98. The van der Waals surface area contributed by atoms with Crippen molar-refractivity contribution in [3.05, 3.63) is 91.4 Å². The van der Waals surface area contributed by atoms with Gasteiger partial charge in [-0.25, -0.2) is 9.78 Å². The van der Waals surface area contributed by atoms with E-state index in [2.05, 4.69) is 39.7 Å². The van der Waals surface area contributed by atoms with Gasteiger partial charge in [-0.15, -0.1) is 11.3 Å². The molecule has 3 aromatic rings. The number of thiophene rings is 1. The number of esters is 1. The molecule has 0 saturated carbocycles. The molecule has 36 heavy (non-hydrogen) atoms. The maximum Gasteiger partial charge on any atom is 0.338 e. The van der Waals surface area contributed by atoms with Crippen LogP contribution in [0.1, 0.15) is 24.0 Å². The SMILES string of the molecule is CCOC(=O)C1=C(CSc2nc(-c3cccs3)ccc2C#N)OC(N)=C(C#N)[C@@H]1c1ccccc1I. The zero-order valence-corrected chi connectivity index (χ0v) is 22.8. The first-order valence-corrected chi connectivity index (χ1v) is 13.7. The lowest BCUT2D eigenvalue weighted by atomic mass is 9.83. The number of halogens is 1. The van der Waals surface area contributed by atoms with Crippen molar-refractivity contribution in [2.45, 2.75) is 17.9 Å². The van der Waals surface area contributed by atoms with Crippen molar-refractivity contribution in [1.82, 2.24) is 4.98 Å². The molecule has 0 amide bonds. The van der Waals surface area contributed by atoms with E-state index in [1.807, 2.05) is 47.8 Å². The molecule has 0 spiro atoms. The second-order valence-corrected chi connectivity index (χ2v) is 10.5. The molecule has 0 aliphatic carbocycles. The molecule has 0 fully saturated rings. The summed E-state index contributed by atoms with van der Waals surface area (Å²) < 4.78 is 12.1. The predicted octanol–water partition coefficient (Wildman–Crippen LogP) is 5.70. The number of hydrogen-bond donors (Lipinski definition) is 1. The van der Waals surface area contributed by atoms with E-state index in [4.69, 9.17) is 15.2 Å². The molecule has 2 aromatic heterocycles. The Balaban J connectivity index is 1.78. The van der Waals surface area contributed by atoms with Gasteiger partial charge < -0.3 is 15.2 Å². The van der Waals surface area contributed by atoms with E-state index in [0.717, 1.165) is 19.7 Å². The van der Waals surface area contributed by atoms with Crippen LogP contribution in [0.15, 0.2) is 81.7 Å². The highest BCUT2D eigenvalue weighted by Crippen LogP contribution is 2.42. The van der Waals surface area contributed by atoms with Gasteiger partial charge >= 0.3 is 5.97 Å².